The van der Waals surface area contributed by atoms with E-state index in [0.717, 1.165) is 4.31 Å². The molecule has 3 rings (SSSR count). The number of nitrogens with zero attached hydrogens (tertiary/aromatic N) is 4. The number of hydrogen-bond donors (Lipinski definition) is 2. The van der Waals surface area contributed by atoms with Gasteiger partial charge in [-0.3, -0.25) is 9.78 Å². The highest BCUT2D eigenvalue weighted by molar-refractivity contribution is 7.89. The number of nitriles is 1. The highest BCUT2D eigenvalue weighted by Crippen LogP contribution is 2.19. The van der Waals surface area contributed by atoms with Crippen molar-refractivity contribution in [3.63, 3.8) is 0 Å². The molecule has 3 aromatic rings. The Balaban J connectivity index is 1.83. The molecule has 0 aliphatic rings. The van der Waals surface area contributed by atoms with E-state index in [0.29, 0.717) is 11.1 Å². The molecule has 0 bridgehead atoms. The molecule has 0 radical (unpaired) electrons. The lowest BCUT2D eigenvalue weighted by Crippen LogP contribution is -2.22. The zero-order valence-electron chi connectivity index (χ0n) is 16.2. The van der Waals surface area contributed by atoms with E-state index in [1.54, 1.807) is 36.4 Å². The van der Waals surface area contributed by atoms with Crippen LogP contribution in [0.3, 0.4) is 0 Å². The van der Waals surface area contributed by atoms with Crippen molar-refractivity contribution in [3.05, 3.63) is 76.1 Å². The molecule has 0 amide bonds. The van der Waals surface area contributed by atoms with Gasteiger partial charge < -0.3 is 0 Å². The molecule has 0 saturated heterocycles. The zero-order chi connectivity index (χ0) is 21.7. The first-order chi connectivity index (χ1) is 14.3. The number of aromatic nitrogens is 2. The van der Waals surface area contributed by atoms with E-state index in [2.05, 4.69) is 20.5 Å². The van der Waals surface area contributed by atoms with Crippen LogP contribution in [0.4, 0.5) is 5.95 Å². The monoisotopic (exact) mass is 422 g/mol. The maximum atomic E-state index is 12.2. The molecule has 152 valence electrons. The molecule has 1 aromatic heterocycles. The van der Waals surface area contributed by atoms with Gasteiger partial charge in [0.2, 0.25) is 16.0 Å². The van der Waals surface area contributed by atoms with Gasteiger partial charge in [-0.25, -0.2) is 23.1 Å². The van der Waals surface area contributed by atoms with Crippen LogP contribution < -0.4 is 11.0 Å². The molecule has 0 fully saturated rings. The molecule has 10 heteroatoms. The number of anilines is 1. The second kappa shape index (κ2) is 8.69. The first kappa shape index (κ1) is 20.9. The van der Waals surface area contributed by atoms with Crippen LogP contribution >= 0.6 is 0 Å². The van der Waals surface area contributed by atoms with Gasteiger partial charge >= 0.3 is 0 Å². The molecule has 0 atom stereocenters. The Morgan fingerprint density at radius 2 is 1.80 bits per heavy atom. The predicted octanol–water partition coefficient (Wildman–Crippen LogP) is 2.00. The third kappa shape index (κ3) is 4.43. The van der Waals surface area contributed by atoms with Gasteiger partial charge in [0.1, 0.15) is 11.6 Å². The van der Waals surface area contributed by atoms with Gasteiger partial charge in [-0.05, 0) is 17.7 Å². The van der Waals surface area contributed by atoms with Gasteiger partial charge in [-0.2, -0.15) is 10.4 Å². The van der Waals surface area contributed by atoms with Crippen LogP contribution in [0.1, 0.15) is 11.1 Å². The fourth-order valence-corrected chi connectivity index (χ4v) is 3.44. The van der Waals surface area contributed by atoms with E-state index < -0.39 is 15.6 Å². The summed E-state index contributed by atoms with van der Waals surface area (Å²) in [6.45, 7) is 0. The van der Waals surface area contributed by atoms with Gasteiger partial charge in [0, 0.05) is 19.7 Å². The zero-order valence-corrected chi connectivity index (χ0v) is 17.0. The smallest absolute Gasteiger partial charge is 0.270 e. The summed E-state index contributed by atoms with van der Waals surface area (Å²) in [5, 5.41) is 13.3. The molecular weight excluding hydrogens is 404 g/mol. The molecule has 2 aromatic carbocycles. The molecule has 0 saturated carbocycles. The van der Waals surface area contributed by atoms with Crippen molar-refractivity contribution >= 4 is 22.2 Å². The first-order valence-electron chi connectivity index (χ1n) is 8.74. The van der Waals surface area contributed by atoms with Gasteiger partial charge in [-0.15, -0.1) is 0 Å². The second-order valence-corrected chi connectivity index (χ2v) is 8.49. The summed E-state index contributed by atoms with van der Waals surface area (Å²) in [5.74, 6) is 0.0703. The Morgan fingerprint density at radius 3 is 2.40 bits per heavy atom. The SMILES string of the molecule is CN(C)S(=O)(=O)c1ccc(C=NNc2nc(-c3ccccc3)c(C#N)c(=O)[nH]2)cc1. The molecule has 0 unspecified atom stereocenters. The normalized spacial score (nSPS) is 11.5. The number of rotatable bonds is 6. The topological polar surface area (TPSA) is 131 Å². The third-order valence-electron chi connectivity index (χ3n) is 4.12. The number of hydrogen-bond acceptors (Lipinski definition) is 7. The third-order valence-corrected chi connectivity index (χ3v) is 5.95. The summed E-state index contributed by atoms with van der Waals surface area (Å²) >= 11 is 0. The molecule has 1 heterocycles. The van der Waals surface area contributed by atoms with Crippen molar-refractivity contribution in [1.82, 2.24) is 14.3 Å². The van der Waals surface area contributed by atoms with Crippen molar-refractivity contribution in [2.24, 2.45) is 5.10 Å². The number of sulfonamides is 1. The van der Waals surface area contributed by atoms with Crippen LogP contribution in [0.25, 0.3) is 11.3 Å². The Labute approximate surface area is 173 Å². The summed E-state index contributed by atoms with van der Waals surface area (Å²) < 4.78 is 25.3. The Morgan fingerprint density at radius 1 is 1.13 bits per heavy atom. The molecule has 2 N–H and O–H groups in total. The molecule has 0 aliphatic carbocycles. The molecule has 30 heavy (non-hydrogen) atoms. The lowest BCUT2D eigenvalue weighted by molar-refractivity contribution is 0.521. The second-order valence-electron chi connectivity index (χ2n) is 6.34. The number of aromatic amines is 1. The van der Waals surface area contributed by atoms with Crippen LogP contribution in [0, 0.1) is 11.3 Å². The summed E-state index contributed by atoms with van der Waals surface area (Å²) in [6, 6.07) is 16.9. The van der Waals surface area contributed by atoms with Crippen molar-refractivity contribution < 1.29 is 8.42 Å². The lowest BCUT2D eigenvalue weighted by atomic mass is 10.1. The minimum absolute atomic E-state index is 0.0703. The molecule has 0 spiro atoms. The quantitative estimate of drug-likeness (QED) is 0.461. The predicted molar refractivity (Wildman–Crippen MR) is 114 cm³/mol. The summed E-state index contributed by atoms with van der Waals surface area (Å²) in [6.07, 6.45) is 1.45. The van der Waals surface area contributed by atoms with Crippen LogP contribution in [0.5, 0.6) is 0 Å². The number of benzene rings is 2. The Hall–Kier alpha value is -3.81. The highest BCUT2D eigenvalue weighted by atomic mass is 32.2. The van der Waals surface area contributed by atoms with E-state index >= 15 is 0 Å². The fraction of sp³-hybridized carbons (Fsp3) is 0.100. The average Bonchev–Trinajstić information content (AvgIpc) is 2.74. The van der Waals surface area contributed by atoms with Gasteiger partial charge in [0.25, 0.3) is 5.56 Å². The van der Waals surface area contributed by atoms with Crippen LogP contribution in [-0.4, -0.2) is 43.0 Å². The van der Waals surface area contributed by atoms with Crippen molar-refractivity contribution in [3.8, 4) is 17.3 Å². The van der Waals surface area contributed by atoms with E-state index in [-0.39, 0.29) is 22.1 Å². The van der Waals surface area contributed by atoms with E-state index in [1.807, 2.05) is 12.1 Å². The largest absolute Gasteiger partial charge is 0.290 e. The van der Waals surface area contributed by atoms with Crippen LogP contribution in [-0.2, 0) is 10.0 Å². The van der Waals surface area contributed by atoms with Crippen molar-refractivity contribution in [1.29, 1.82) is 5.26 Å². The highest BCUT2D eigenvalue weighted by Gasteiger charge is 2.16. The number of hydrazone groups is 1. The van der Waals surface area contributed by atoms with Gasteiger partial charge in [-0.1, -0.05) is 42.5 Å². The van der Waals surface area contributed by atoms with Crippen LogP contribution in [0.15, 0.2) is 69.4 Å². The van der Waals surface area contributed by atoms with Crippen molar-refractivity contribution in [2.75, 3.05) is 19.5 Å². The maximum Gasteiger partial charge on any atom is 0.270 e. The summed E-state index contributed by atoms with van der Waals surface area (Å²) in [7, 11) is -0.579. The Bertz CT molecular complexity index is 1270. The standard InChI is InChI=1S/C20H18N6O3S/c1-26(2)30(28,29)16-10-8-14(9-11-16)13-22-25-20-23-18(15-6-4-3-5-7-15)17(12-21)19(27)24-20/h3-11,13H,1-2H3,(H2,23,24,25,27). The fourth-order valence-electron chi connectivity index (χ4n) is 2.54. The molecule has 0 aliphatic heterocycles. The van der Waals surface area contributed by atoms with Gasteiger partial charge in [0.05, 0.1) is 16.8 Å². The summed E-state index contributed by atoms with van der Waals surface area (Å²) in [4.78, 5) is 19.1. The van der Waals surface area contributed by atoms with Crippen LogP contribution in [0.2, 0.25) is 0 Å². The van der Waals surface area contributed by atoms with E-state index in [4.69, 9.17) is 0 Å². The van der Waals surface area contributed by atoms with E-state index in [1.165, 1.54) is 32.4 Å². The maximum absolute atomic E-state index is 12.2. The molecule has 9 nitrogen and oxygen atoms in total. The average molecular weight is 422 g/mol. The first-order valence-corrected chi connectivity index (χ1v) is 10.2. The number of H-pyrrole nitrogens is 1. The minimum atomic E-state index is -3.50. The lowest BCUT2D eigenvalue weighted by Gasteiger charge is -2.11. The van der Waals surface area contributed by atoms with Crippen molar-refractivity contribution in [2.45, 2.75) is 4.90 Å². The number of nitrogens with one attached hydrogen (secondary N) is 2. The molecular formula is C20H18N6O3S. The summed E-state index contributed by atoms with van der Waals surface area (Å²) in [5.41, 5.74) is 3.47. The van der Waals surface area contributed by atoms with E-state index in [9.17, 15) is 18.5 Å². The Kier molecular flexibility index (Phi) is 6.06. The minimum Gasteiger partial charge on any atom is -0.290 e. The van der Waals surface area contributed by atoms with Gasteiger partial charge in [0.15, 0.2) is 0 Å².